The number of aromatic nitrogens is 3. The molecule has 2 fully saturated rings. The van der Waals surface area contributed by atoms with Crippen LogP contribution in [0.25, 0.3) is 0 Å². The molecule has 7 nitrogen and oxygen atoms in total. The average molecular weight is 266 g/mol. The number of carbonyl (C=O) groups is 1. The fourth-order valence-electron chi connectivity index (χ4n) is 2.73. The molecule has 1 atom stereocenters. The minimum absolute atomic E-state index is 0.0131. The second-order valence-corrected chi connectivity index (χ2v) is 5.34. The molecule has 3 rings (SSSR count). The largest absolute Gasteiger partial charge is 0.476 e. The van der Waals surface area contributed by atoms with E-state index in [1.54, 1.807) is 4.68 Å². The van der Waals surface area contributed by atoms with Crippen molar-refractivity contribution in [2.24, 2.45) is 5.92 Å². The number of hydrogen-bond acceptors (Lipinski definition) is 5. The van der Waals surface area contributed by atoms with Gasteiger partial charge >= 0.3 is 5.97 Å². The number of hydrogen-bond donors (Lipinski definition) is 1. The summed E-state index contributed by atoms with van der Waals surface area (Å²) in [4.78, 5) is 13.1. The summed E-state index contributed by atoms with van der Waals surface area (Å²) in [6, 6.07) is 0.255. The average Bonchev–Trinajstić information content (AvgIpc) is 2.84. The van der Waals surface area contributed by atoms with Crippen LogP contribution in [0.15, 0.2) is 6.20 Å². The Hall–Kier alpha value is -1.47. The summed E-state index contributed by atoms with van der Waals surface area (Å²) in [5.41, 5.74) is 0.0131. The minimum atomic E-state index is -1.03. The van der Waals surface area contributed by atoms with E-state index in [9.17, 15) is 4.79 Å². The molecule has 2 aliphatic heterocycles. The first-order chi connectivity index (χ1) is 9.22. The van der Waals surface area contributed by atoms with Gasteiger partial charge in [-0.25, -0.2) is 9.48 Å². The summed E-state index contributed by atoms with van der Waals surface area (Å²) in [5, 5.41) is 16.3. The first kappa shape index (κ1) is 12.6. The molecule has 7 heteroatoms. The third-order valence-electron chi connectivity index (χ3n) is 3.81. The van der Waals surface area contributed by atoms with Gasteiger partial charge in [0.1, 0.15) is 0 Å². The van der Waals surface area contributed by atoms with E-state index in [4.69, 9.17) is 9.84 Å². The molecule has 0 saturated carbocycles. The highest BCUT2D eigenvalue weighted by atomic mass is 16.5. The summed E-state index contributed by atoms with van der Waals surface area (Å²) < 4.78 is 7.14. The summed E-state index contributed by atoms with van der Waals surface area (Å²) >= 11 is 0. The molecule has 104 valence electrons. The van der Waals surface area contributed by atoms with Crippen LogP contribution in [0.4, 0.5) is 0 Å². The lowest BCUT2D eigenvalue weighted by Crippen LogP contribution is -2.50. The van der Waals surface area contributed by atoms with Crippen molar-refractivity contribution in [3.8, 4) is 0 Å². The number of carboxylic acid groups (broad SMARTS) is 1. The van der Waals surface area contributed by atoms with Gasteiger partial charge in [0.15, 0.2) is 5.69 Å². The van der Waals surface area contributed by atoms with Gasteiger partial charge in [-0.3, -0.25) is 4.90 Å². The van der Waals surface area contributed by atoms with E-state index in [0.29, 0.717) is 5.92 Å². The molecule has 2 saturated heterocycles. The van der Waals surface area contributed by atoms with Crippen molar-refractivity contribution in [2.75, 3.05) is 32.8 Å². The first-order valence-corrected chi connectivity index (χ1v) is 6.67. The Morgan fingerprint density at radius 1 is 1.53 bits per heavy atom. The van der Waals surface area contributed by atoms with Crippen molar-refractivity contribution in [3.63, 3.8) is 0 Å². The number of ether oxygens (including phenoxy) is 1. The van der Waals surface area contributed by atoms with Gasteiger partial charge in [-0.2, -0.15) is 0 Å². The van der Waals surface area contributed by atoms with Crippen molar-refractivity contribution in [2.45, 2.75) is 18.9 Å². The monoisotopic (exact) mass is 266 g/mol. The molecular weight excluding hydrogens is 248 g/mol. The van der Waals surface area contributed by atoms with Crippen LogP contribution in [0.3, 0.4) is 0 Å². The lowest BCUT2D eigenvalue weighted by molar-refractivity contribution is 0.0123. The smallest absolute Gasteiger partial charge is 0.358 e. The zero-order valence-corrected chi connectivity index (χ0v) is 10.7. The quantitative estimate of drug-likeness (QED) is 0.842. The van der Waals surface area contributed by atoms with Crippen LogP contribution in [0.5, 0.6) is 0 Å². The summed E-state index contributed by atoms with van der Waals surface area (Å²) in [5.74, 6) is -0.387. The Labute approximate surface area is 111 Å². The topological polar surface area (TPSA) is 80.5 Å². The van der Waals surface area contributed by atoms with Gasteiger partial charge in [0, 0.05) is 26.2 Å². The second kappa shape index (κ2) is 5.26. The highest BCUT2D eigenvalue weighted by Crippen LogP contribution is 2.24. The number of rotatable bonds is 4. The maximum Gasteiger partial charge on any atom is 0.358 e. The van der Waals surface area contributed by atoms with Crippen LogP contribution in [0.2, 0.25) is 0 Å². The predicted octanol–water partition coefficient (Wildman–Crippen LogP) is 0.260. The number of carboxylic acids is 1. The van der Waals surface area contributed by atoms with E-state index in [2.05, 4.69) is 15.2 Å². The lowest BCUT2D eigenvalue weighted by atomic mass is 9.99. The van der Waals surface area contributed by atoms with Gasteiger partial charge in [0.25, 0.3) is 0 Å². The Balaban J connectivity index is 1.47. The van der Waals surface area contributed by atoms with Crippen molar-refractivity contribution < 1.29 is 14.6 Å². The summed E-state index contributed by atoms with van der Waals surface area (Å²) in [6.07, 6.45) is 3.91. The first-order valence-electron chi connectivity index (χ1n) is 6.67. The van der Waals surface area contributed by atoms with Gasteiger partial charge in [-0.15, -0.1) is 5.10 Å². The molecule has 19 heavy (non-hydrogen) atoms. The second-order valence-electron chi connectivity index (χ2n) is 5.34. The highest BCUT2D eigenvalue weighted by Gasteiger charge is 2.31. The molecular formula is C12H18N4O3. The molecule has 0 bridgehead atoms. The molecule has 2 aliphatic rings. The van der Waals surface area contributed by atoms with Crippen LogP contribution in [0, 0.1) is 5.92 Å². The Bertz CT molecular complexity index is 450. The van der Waals surface area contributed by atoms with Crippen molar-refractivity contribution in [1.82, 2.24) is 19.9 Å². The number of nitrogens with zero attached hydrogens (tertiary/aromatic N) is 4. The zero-order chi connectivity index (χ0) is 13.2. The van der Waals surface area contributed by atoms with Crippen LogP contribution in [-0.4, -0.2) is 63.8 Å². The van der Waals surface area contributed by atoms with Crippen LogP contribution >= 0.6 is 0 Å². The fourth-order valence-corrected chi connectivity index (χ4v) is 2.73. The van der Waals surface area contributed by atoms with Crippen LogP contribution < -0.4 is 0 Å². The van der Waals surface area contributed by atoms with E-state index in [0.717, 1.165) is 39.3 Å². The molecule has 1 aromatic rings. The Morgan fingerprint density at radius 2 is 2.37 bits per heavy atom. The van der Waals surface area contributed by atoms with Gasteiger partial charge in [-0.05, 0) is 18.8 Å². The molecule has 0 aromatic carbocycles. The summed E-state index contributed by atoms with van der Waals surface area (Å²) in [6.45, 7) is 4.67. The molecule has 3 heterocycles. The number of likely N-dealkylation sites (tertiary alicyclic amines) is 1. The zero-order valence-electron chi connectivity index (χ0n) is 10.7. The van der Waals surface area contributed by atoms with Gasteiger partial charge in [-0.1, -0.05) is 5.21 Å². The van der Waals surface area contributed by atoms with Crippen LogP contribution in [0.1, 0.15) is 29.4 Å². The van der Waals surface area contributed by atoms with E-state index >= 15 is 0 Å². The molecule has 1 aromatic heterocycles. The standard InChI is InChI=1S/C12H18N4O3/c17-12(18)11-7-16(14-13-11)10-5-15(6-10)4-9-2-1-3-19-8-9/h7,9-10H,1-6,8H2,(H,17,18). The molecule has 1 unspecified atom stereocenters. The molecule has 0 aliphatic carbocycles. The normalized spacial score (nSPS) is 25.2. The molecule has 0 amide bonds. The van der Waals surface area contributed by atoms with Gasteiger partial charge in [0.05, 0.1) is 18.8 Å². The summed E-state index contributed by atoms with van der Waals surface area (Å²) in [7, 11) is 0. The Kier molecular flexibility index (Phi) is 3.48. The van der Waals surface area contributed by atoms with Crippen LogP contribution in [-0.2, 0) is 4.74 Å². The molecule has 1 N–H and O–H groups in total. The minimum Gasteiger partial charge on any atom is -0.476 e. The highest BCUT2D eigenvalue weighted by molar-refractivity contribution is 5.84. The lowest BCUT2D eigenvalue weighted by Gasteiger charge is -2.41. The van der Waals surface area contributed by atoms with Crippen molar-refractivity contribution in [3.05, 3.63) is 11.9 Å². The van der Waals surface area contributed by atoms with E-state index in [1.807, 2.05) is 0 Å². The molecule has 0 spiro atoms. The molecule has 0 radical (unpaired) electrons. The Morgan fingerprint density at radius 3 is 3.00 bits per heavy atom. The predicted molar refractivity (Wildman–Crippen MR) is 66.0 cm³/mol. The van der Waals surface area contributed by atoms with Crippen molar-refractivity contribution >= 4 is 5.97 Å². The van der Waals surface area contributed by atoms with E-state index in [1.165, 1.54) is 12.6 Å². The van der Waals surface area contributed by atoms with E-state index in [-0.39, 0.29) is 11.7 Å². The van der Waals surface area contributed by atoms with Gasteiger partial charge in [0.2, 0.25) is 0 Å². The van der Waals surface area contributed by atoms with Crippen molar-refractivity contribution in [1.29, 1.82) is 0 Å². The van der Waals surface area contributed by atoms with Gasteiger partial charge < -0.3 is 9.84 Å². The third kappa shape index (κ3) is 2.76. The SMILES string of the molecule is O=C(O)c1cn(C2CN(CC3CCCOC3)C2)nn1. The third-order valence-corrected chi connectivity index (χ3v) is 3.81. The van der Waals surface area contributed by atoms with E-state index < -0.39 is 5.97 Å². The fraction of sp³-hybridized carbons (Fsp3) is 0.750. The maximum absolute atomic E-state index is 10.7. The number of aromatic carboxylic acids is 1. The maximum atomic E-state index is 10.7.